The minimum Gasteiger partial charge on any atom is -0.248 e. The summed E-state index contributed by atoms with van der Waals surface area (Å²) in [6, 6.07) is 37.1. The van der Waals surface area contributed by atoms with Gasteiger partial charge in [-0.05, 0) is 70.5 Å². The number of fused-ring (bicyclic) bond motifs is 1. The molecular weight excluding hydrogens is 386 g/mol. The van der Waals surface area contributed by atoms with Gasteiger partial charge in [-0.25, -0.2) is 4.98 Å². The lowest BCUT2D eigenvalue weighted by Gasteiger charge is -2.13. The van der Waals surface area contributed by atoms with E-state index < -0.39 is 0 Å². The molecule has 0 aliphatic rings. The van der Waals surface area contributed by atoms with Gasteiger partial charge in [0, 0.05) is 10.9 Å². The predicted molar refractivity (Wildman–Crippen MR) is 137 cm³/mol. The van der Waals surface area contributed by atoms with Gasteiger partial charge in [0.2, 0.25) is 0 Å². The van der Waals surface area contributed by atoms with E-state index in [4.69, 9.17) is 4.98 Å². The van der Waals surface area contributed by atoms with E-state index in [1.165, 1.54) is 44.3 Å². The van der Waals surface area contributed by atoms with Gasteiger partial charge < -0.3 is 0 Å². The van der Waals surface area contributed by atoms with E-state index in [-0.39, 0.29) is 0 Å². The molecule has 0 saturated carbocycles. The standard InChI is InChI=1S/C31H27N/c1-3-22-10-13-24(14-11-22)26-15-18-30-27(21-26)16-19-31(32-30)29-20-23(4-2)12-17-28(29)25-8-6-5-7-9-25/h5-21H,3-4H2,1-2H3. The highest BCUT2D eigenvalue weighted by molar-refractivity contribution is 5.89. The average Bonchev–Trinajstić information content (AvgIpc) is 2.88. The minimum atomic E-state index is 1.01. The number of hydrogen-bond donors (Lipinski definition) is 0. The first-order valence-electron chi connectivity index (χ1n) is 11.4. The largest absolute Gasteiger partial charge is 0.248 e. The van der Waals surface area contributed by atoms with Crippen molar-refractivity contribution in [1.29, 1.82) is 0 Å². The van der Waals surface area contributed by atoms with Crippen molar-refractivity contribution in [3.63, 3.8) is 0 Å². The molecular formula is C31H27N. The fourth-order valence-corrected chi connectivity index (χ4v) is 4.28. The lowest BCUT2D eigenvalue weighted by atomic mass is 9.94. The SMILES string of the molecule is CCc1ccc(-c2ccc3nc(-c4cc(CC)ccc4-c4ccccc4)ccc3c2)cc1. The molecule has 0 unspecified atom stereocenters. The maximum Gasteiger partial charge on any atom is 0.0716 e. The molecule has 0 atom stereocenters. The molecule has 32 heavy (non-hydrogen) atoms. The second-order valence-electron chi connectivity index (χ2n) is 8.25. The van der Waals surface area contributed by atoms with E-state index >= 15 is 0 Å². The van der Waals surface area contributed by atoms with Crippen LogP contribution < -0.4 is 0 Å². The monoisotopic (exact) mass is 413 g/mol. The first-order chi connectivity index (χ1) is 15.7. The van der Waals surface area contributed by atoms with Gasteiger partial charge in [-0.3, -0.25) is 0 Å². The lowest BCUT2D eigenvalue weighted by Crippen LogP contribution is -1.92. The molecule has 0 saturated heterocycles. The van der Waals surface area contributed by atoms with E-state index in [1.807, 2.05) is 0 Å². The molecule has 1 heterocycles. The predicted octanol–water partition coefficient (Wildman–Crippen LogP) is 8.36. The molecule has 5 rings (SSSR count). The summed E-state index contributed by atoms with van der Waals surface area (Å²) in [5, 5.41) is 1.17. The Morgan fingerprint density at radius 1 is 0.531 bits per heavy atom. The number of rotatable bonds is 5. The topological polar surface area (TPSA) is 12.9 Å². The van der Waals surface area contributed by atoms with Crippen LogP contribution in [-0.2, 0) is 12.8 Å². The van der Waals surface area contributed by atoms with E-state index in [0.717, 1.165) is 24.1 Å². The van der Waals surface area contributed by atoms with Crippen molar-refractivity contribution in [2.75, 3.05) is 0 Å². The Balaban J connectivity index is 1.58. The van der Waals surface area contributed by atoms with Crippen LogP contribution in [0.15, 0.2) is 103 Å². The van der Waals surface area contributed by atoms with Crippen molar-refractivity contribution in [2.45, 2.75) is 26.7 Å². The zero-order valence-corrected chi connectivity index (χ0v) is 18.7. The Hall–Kier alpha value is -3.71. The number of hydrogen-bond acceptors (Lipinski definition) is 1. The number of pyridine rings is 1. The van der Waals surface area contributed by atoms with Gasteiger partial charge in [-0.1, -0.05) is 92.7 Å². The molecule has 0 aliphatic heterocycles. The quantitative estimate of drug-likeness (QED) is 0.282. The molecule has 0 spiro atoms. The Bertz CT molecular complexity index is 1370. The molecule has 4 aromatic carbocycles. The van der Waals surface area contributed by atoms with Crippen LogP contribution >= 0.6 is 0 Å². The van der Waals surface area contributed by atoms with Gasteiger partial charge in [0.05, 0.1) is 11.2 Å². The normalized spacial score (nSPS) is 11.1. The second-order valence-corrected chi connectivity index (χ2v) is 8.25. The molecule has 1 nitrogen and oxygen atoms in total. The van der Waals surface area contributed by atoms with Crippen LogP contribution in [0.25, 0.3) is 44.4 Å². The molecule has 0 radical (unpaired) electrons. The minimum absolute atomic E-state index is 1.01. The molecule has 0 amide bonds. The second kappa shape index (κ2) is 8.80. The zero-order valence-electron chi connectivity index (χ0n) is 18.7. The van der Waals surface area contributed by atoms with Gasteiger partial charge in [-0.15, -0.1) is 0 Å². The van der Waals surface area contributed by atoms with Crippen LogP contribution in [0.2, 0.25) is 0 Å². The zero-order chi connectivity index (χ0) is 21.9. The van der Waals surface area contributed by atoms with Gasteiger partial charge in [0.25, 0.3) is 0 Å². The maximum absolute atomic E-state index is 5.07. The highest BCUT2D eigenvalue weighted by Crippen LogP contribution is 2.34. The number of aryl methyl sites for hydroxylation is 2. The molecule has 1 aromatic heterocycles. The summed E-state index contributed by atoms with van der Waals surface area (Å²) in [6.45, 7) is 4.39. The lowest BCUT2D eigenvalue weighted by molar-refractivity contribution is 1.14. The van der Waals surface area contributed by atoms with Crippen molar-refractivity contribution in [2.24, 2.45) is 0 Å². The van der Waals surface area contributed by atoms with Gasteiger partial charge in [-0.2, -0.15) is 0 Å². The third kappa shape index (κ3) is 3.94. The van der Waals surface area contributed by atoms with Crippen molar-refractivity contribution >= 4 is 10.9 Å². The van der Waals surface area contributed by atoms with E-state index in [2.05, 4.69) is 117 Å². The van der Waals surface area contributed by atoms with Gasteiger partial charge >= 0.3 is 0 Å². The van der Waals surface area contributed by atoms with E-state index in [9.17, 15) is 0 Å². The highest BCUT2D eigenvalue weighted by Gasteiger charge is 2.11. The summed E-state index contributed by atoms with van der Waals surface area (Å²) < 4.78 is 0. The first kappa shape index (κ1) is 20.2. The molecule has 1 heteroatoms. The van der Waals surface area contributed by atoms with Crippen LogP contribution in [0.1, 0.15) is 25.0 Å². The summed E-state index contributed by atoms with van der Waals surface area (Å²) in [7, 11) is 0. The van der Waals surface area contributed by atoms with Crippen LogP contribution in [0.5, 0.6) is 0 Å². The van der Waals surface area contributed by atoms with Crippen molar-refractivity contribution in [3.8, 4) is 33.5 Å². The van der Waals surface area contributed by atoms with Crippen LogP contribution in [0, 0.1) is 0 Å². The molecule has 0 fully saturated rings. The third-order valence-corrected chi connectivity index (χ3v) is 6.24. The summed E-state index contributed by atoms with van der Waals surface area (Å²) in [5.41, 5.74) is 10.8. The Morgan fingerprint density at radius 2 is 1.25 bits per heavy atom. The fourth-order valence-electron chi connectivity index (χ4n) is 4.28. The molecule has 0 aliphatic carbocycles. The number of aromatic nitrogens is 1. The maximum atomic E-state index is 5.07. The summed E-state index contributed by atoms with van der Waals surface area (Å²) in [6.07, 6.45) is 2.07. The van der Waals surface area contributed by atoms with Crippen molar-refractivity contribution in [3.05, 3.63) is 114 Å². The smallest absolute Gasteiger partial charge is 0.0716 e. The van der Waals surface area contributed by atoms with Crippen LogP contribution in [0.3, 0.4) is 0 Å². The third-order valence-electron chi connectivity index (χ3n) is 6.24. The van der Waals surface area contributed by atoms with Crippen LogP contribution in [0.4, 0.5) is 0 Å². The Morgan fingerprint density at radius 3 is 2.00 bits per heavy atom. The molecule has 0 N–H and O–H groups in total. The highest BCUT2D eigenvalue weighted by atomic mass is 14.7. The average molecular weight is 414 g/mol. The Kier molecular flexibility index (Phi) is 5.56. The molecule has 156 valence electrons. The van der Waals surface area contributed by atoms with Crippen molar-refractivity contribution in [1.82, 2.24) is 4.98 Å². The first-order valence-corrected chi connectivity index (χ1v) is 11.4. The number of nitrogens with zero attached hydrogens (tertiary/aromatic N) is 1. The molecule has 0 bridgehead atoms. The fraction of sp³-hybridized carbons (Fsp3) is 0.129. The van der Waals surface area contributed by atoms with Crippen LogP contribution in [-0.4, -0.2) is 4.98 Å². The van der Waals surface area contributed by atoms with Gasteiger partial charge in [0.1, 0.15) is 0 Å². The molecule has 5 aromatic rings. The summed E-state index contributed by atoms with van der Waals surface area (Å²) in [4.78, 5) is 5.07. The number of benzene rings is 4. The van der Waals surface area contributed by atoms with Gasteiger partial charge in [0.15, 0.2) is 0 Å². The van der Waals surface area contributed by atoms with E-state index in [0.29, 0.717) is 0 Å². The van der Waals surface area contributed by atoms with Crippen molar-refractivity contribution < 1.29 is 0 Å². The summed E-state index contributed by atoms with van der Waals surface area (Å²) >= 11 is 0. The Labute approximate surface area is 190 Å². The summed E-state index contributed by atoms with van der Waals surface area (Å²) in [5.74, 6) is 0. The van der Waals surface area contributed by atoms with E-state index in [1.54, 1.807) is 0 Å².